The number of nitrogens with zero attached hydrogens (tertiary/aromatic N) is 2. The smallest absolute Gasteiger partial charge is 0.237 e. The zero-order valence-electron chi connectivity index (χ0n) is 17.7. The van der Waals surface area contributed by atoms with E-state index in [9.17, 15) is 9.18 Å². The van der Waals surface area contributed by atoms with Gasteiger partial charge >= 0.3 is 0 Å². The Morgan fingerprint density at radius 1 is 1.06 bits per heavy atom. The summed E-state index contributed by atoms with van der Waals surface area (Å²) in [7, 11) is 0. The van der Waals surface area contributed by atoms with E-state index in [1.54, 1.807) is 6.07 Å². The maximum Gasteiger partial charge on any atom is 0.237 e. The average Bonchev–Trinajstić information content (AvgIpc) is 3.34. The molecule has 6 rings (SSSR count). The second-order valence-electron chi connectivity index (χ2n) is 9.37. The minimum Gasteiger partial charge on any atom is -0.342 e. The molecule has 0 N–H and O–H groups in total. The molecule has 1 aromatic heterocycles. The summed E-state index contributed by atoms with van der Waals surface area (Å²) >= 11 is 6.39. The Morgan fingerprint density at radius 2 is 1.84 bits per heavy atom. The second kappa shape index (κ2) is 7.41. The highest BCUT2D eigenvalue weighted by molar-refractivity contribution is 6.30. The van der Waals surface area contributed by atoms with E-state index in [4.69, 9.17) is 11.6 Å². The van der Waals surface area contributed by atoms with Gasteiger partial charge in [0.2, 0.25) is 11.9 Å². The molecule has 2 heterocycles. The molecule has 5 heteroatoms. The topological polar surface area (TPSA) is 33.2 Å². The van der Waals surface area contributed by atoms with Crippen LogP contribution in [0.25, 0.3) is 0 Å². The summed E-state index contributed by atoms with van der Waals surface area (Å²) in [6.45, 7) is 1.41. The summed E-state index contributed by atoms with van der Waals surface area (Å²) in [4.78, 5) is 20.0. The van der Waals surface area contributed by atoms with E-state index in [-0.39, 0.29) is 17.8 Å². The Hall–Kier alpha value is -2.72. The zero-order valence-corrected chi connectivity index (χ0v) is 18.5. The summed E-state index contributed by atoms with van der Waals surface area (Å²) in [6, 6.07) is 18.0. The van der Waals surface area contributed by atoms with Crippen molar-refractivity contribution < 1.29 is 9.18 Å². The molecule has 3 aromatic rings. The Kier molecular flexibility index (Phi) is 4.62. The quantitative estimate of drug-likeness (QED) is 0.498. The first kappa shape index (κ1) is 19.9. The normalized spacial score (nSPS) is 23.8. The summed E-state index contributed by atoms with van der Waals surface area (Å²) in [6.07, 6.45) is 4.71. The van der Waals surface area contributed by atoms with Crippen LogP contribution in [-0.2, 0) is 16.6 Å². The number of benzene rings is 2. The predicted molar refractivity (Wildman–Crippen MR) is 122 cm³/mol. The molecule has 3 nitrogen and oxygen atoms in total. The van der Waals surface area contributed by atoms with Gasteiger partial charge in [-0.3, -0.25) is 4.79 Å². The first-order valence-electron chi connectivity index (χ1n) is 11.4. The van der Waals surface area contributed by atoms with Gasteiger partial charge in [-0.15, -0.1) is 0 Å². The van der Waals surface area contributed by atoms with E-state index in [2.05, 4.69) is 29.2 Å². The van der Waals surface area contributed by atoms with Crippen molar-refractivity contribution in [2.45, 2.75) is 37.0 Å². The second-order valence-corrected chi connectivity index (χ2v) is 9.81. The minimum absolute atomic E-state index is 0.194. The monoisotopic (exact) mass is 446 g/mol. The van der Waals surface area contributed by atoms with Crippen molar-refractivity contribution in [1.29, 1.82) is 0 Å². The maximum atomic E-state index is 14.1. The summed E-state index contributed by atoms with van der Waals surface area (Å²) in [5.74, 6) is 0.440. The number of rotatable bonds is 3. The van der Waals surface area contributed by atoms with Gasteiger partial charge < -0.3 is 4.90 Å². The molecule has 0 spiro atoms. The molecule has 2 aliphatic carbocycles. The Morgan fingerprint density at radius 3 is 2.66 bits per heavy atom. The Labute approximate surface area is 192 Å². The number of halogens is 2. The van der Waals surface area contributed by atoms with Gasteiger partial charge in [-0.1, -0.05) is 48.0 Å². The third-order valence-corrected chi connectivity index (χ3v) is 8.00. The number of carbonyl (C=O) groups is 1. The SMILES string of the molecule is O=C(N1CCC(Cc2cccnc2F)CC1)C12CC(c3ccccc31)c1ccc(Cl)cc12. The molecule has 1 fully saturated rings. The molecule has 2 unspecified atom stereocenters. The Balaban J connectivity index is 1.28. The lowest BCUT2D eigenvalue weighted by Crippen LogP contribution is -2.49. The highest BCUT2D eigenvalue weighted by Gasteiger charge is 2.58. The minimum atomic E-state index is -0.635. The largest absolute Gasteiger partial charge is 0.342 e. The fourth-order valence-electron chi connectivity index (χ4n) is 6.26. The van der Waals surface area contributed by atoms with Crippen molar-refractivity contribution in [3.05, 3.63) is 99.6 Å². The number of fused-ring (bicyclic) bond motifs is 8. The van der Waals surface area contributed by atoms with E-state index >= 15 is 0 Å². The van der Waals surface area contributed by atoms with E-state index in [0.717, 1.165) is 30.4 Å². The van der Waals surface area contributed by atoms with Gasteiger partial charge in [-0.2, -0.15) is 4.39 Å². The molecule has 162 valence electrons. The van der Waals surface area contributed by atoms with Crippen molar-refractivity contribution in [1.82, 2.24) is 9.88 Å². The number of hydrogen-bond acceptors (Lipinski definition) is 2. The molecule has 2 atom stereocenters. The van der Waals surface area contributed by atoms with E-state index in [1.807, 2.05) is 29.2 Å². The van der Waals surface area contributed by atoms with Crippen molar-refractivity contribution in [3.63, 3.8) is 0 Å². The summed E-state index contributed by atoms with van der Waals surface area (Å²) < 4.78 is 14.0. The van der Waals surface area contributed by atoms with Crippen LogP contribution in [0.15, 0.2) is 60.8 Å². The van der Waals surface area contributed by atoms with Crippen molar-refractivity contribution in [3.8, 4) is 0 Å². The average molecular weight is 447 g/mol. The third kappa shape index (κ3) is 2.85. The van der Waals surface area contributed by atoms with Crippen molar-refractivity contribution in [2.24, 2.45) is 5.92 Å². The van der Waals surface area contributed by atoms with Crippen molar-refractivity contribution >= 4 is 17.5 Å². The fourth-order valence-corrected chi connectivity index (χ4v) is 6.43. The van der Waals surface area contributed by atoms with Crippen LogP contribution in [0.4, 0.5) is 4.39 Å². The molecule has 3 aliphatic rings. The molecule has 1 amide bonds. The van der Waals surface area contributed by atoms with Crippen LogP contribution in [-0.4, -0.2) is 28.9 Å². The first-order chi connectivity index (χ1) is 15.6. The lowest BCUT2D eigenvalue weighted by molar-refractivity contribution is -0.137. The third-order valence-electron chi connectivity index (χ3n) is 7.77. The van der Waals surface area contributed by atoms with Gasteiger partial charge in [0.25, 0.3) is 0 Å². The van der Waals surface area contributed by atoms with E-state index < -0.39 is 5.41 Å². The molecular formula is C27H24ClFN2O. The fraction of sp³-hybridized carbons (Fsp3) is 0.333. The van der Waals surface area contributed by atoms with Gasteiger partial charge in [0, 0.05) is 35.8 Å². The maximum absolute atomic E-state index is 14.1. The van der Waals surface area contributed by atoms with Crippen LogP contribution in [0, 0.1) is 11.9 Å². The Bertz CT molecular complexity index is 1220. The van der Waals surface area contributed by atoms with Crippen LogP contribution in [0.1, 0.15) is 53.0 Å². The van der Waals surface area contributed by atoms with Crippen LogP contribution in [0.5, 0.6) is 0 Å². The van der Waals surface area contributed by atoms with Gasteiger partial charge in [0.15, 0.2) is 0 Å². The molecule has 1 saturated heterocycles. The van der Waals surface area contributed by atoms with Crippen LogP contribution in [0.2, 0.25) is 5.02 Å². The van der Waals surface area contributed by atoms with Gasteiger partial charge in [-0.05, 0) is 72.1 Å². The molecule has 2 bridgehead atoms. The number of hydrogen-bond donors (Lipinski definition) is 0. The number of aromatic nitrogens is 1. The number of piperidine rings is 1. The van der Waals surface area contributed by atoms with Crippen LogP contribution in [0.3, 0.4) is 0 Å². The highest BCUT2D eigenvalue weighted by Crippen LogP contribution is 2.61. The van der Waals surface area contributed by atoms with Crippen molar-refractivity contribution in [2.75, 3.05) is 13.1 Å². The lowest BCUT2D eigenvalue weighted by Gasteiger charge is -2.39. The molecular weight excluding hydrogens is 423 g/mol. The van der Waals surface area contributed by atoms with E-state index in [1.165, 1.54) is 17.3 Å². The van der Waals surface area contributed by atoms with Gasteiger partial charge in [-0.25, -0.2) is 4.98 Å². The molecule has 0 saturated carbocycles. The zero-order chi connectivity index (χ0) is 21.9. The number of pyridine rings is 1. The number of carbonyl (C=O) groups excluding carboxylic acids is 1. The first-order valence-corrected chi connectivity index (χ1v) is 11.7. The van der Waals surface area contributed by atoms with Crippen LogP contribution >= 0.6 is 11.6 Å². The summed E-state index contributed by atoms with van der Waals surface area (Å²) in [5.41, 5.74) is 4.77. The lowest BCUT2D eigenvalue weighted by atomic mass is 9.73. The molecule has 32 heavy (non-hydrogen) atoms. The van der Waals surface area contributed by atoms with Crippen LogP contribution < -0.4 is 0 Å². The summed E-state index contributed by atoms with van der Waals surface area (Å²) in [5, 5.41) is 0.679. The van der Waals surface area contributed by atoms with Gasteiger partial charge in [0.1, 0.15) is 5.41 Å². The standard InChI is InChI=1S/C27H24ClFN2O/c28-19-7-8-21-22-16-27(24(21)15-19,23-6-2-1-5-20(22)23)26(32)31-12-9-17(10-13-31)14-18-4-3-11-30-25(18)29/h1-8,11,15,17,22H,9-10,12-14,16H2. The highest BCUT2D eigenvalue weighted by atomic mass is 35.5. The van der Waals surface area contributed by atoms with E-state index in [0.29, 0.717) is 36.0 Å². The molecule has 1 aliphatic heterocycles. The predicted octanol–water partition coefficient (Wildman–Crippen LogP) is 5.49. The van der Waals surface area contributed by atoms with Gasteiger partial charge in [0.05, 0.1) is 0 Å². The molecule has 0 radical (unpaired) electrons. The number of amides is 1. The molecule has 2 aromatic carbocycles. The number of likely N-dealkylation sites (tertiary alicyclic amines) is 1.